The van der Waals surface area contributed by atoms with Crippen molar-refractivity contribution in [1.29, 1.82) is 0 Å². The summed E-state index contributed by atoms with van der Waals surface area (Å²) in [6.07, 6.45) is 23.9. The van der Waals surface area contributed by atoms with E-state index in [1.165, 1.54) is 103 Å². The highest BCUT2D eigenvalue weighted by Gasteiger charge is 2.27. The van der Waals surface area contributed by atoms with Gasteiger partial charge in [0.05, 0.1) is 13.0 Å². The minimum atomic E-state index is -0.138. The molecular weight excluding hydrogens is 374 g/mol. The highest BCUT2D eigenvalue weighted by molar-refractivity contribution is 5.70. The van der Waals surface area contributed by atoms with Crippen LogP contribution in [0.4, 0.5) is 0 Å². The van der Waals surface area contributed by atoms with Crippen LogP contribution in [0.25, 0.3) is 0 Å². The van der Waals surface area contributed by atoms with Crippen LogP contribution < -0.4 is 6.15 Å². The molecule has 0 saturated heterocycles. The Balaban J connectivity index is 0. The number of unbranched alkanes of at least 4 members (excludes halogenated alkanes) is 14. The van der Waals surface area contributed by atoms with Crippen LogP contribution in [0, 0.1) is 5.41 Å². The second-order valence-electron chi connectivity index (χ2n) is 9.38. The molecule has 0 atom stereocenters. The van der Waals surface area contributed by atoms with Crippen LogP contribution in [0.15, 0.2) is 0 Å². The summed E-state index contributed by atoms with van der Waals surface area (Å²) in [5.41, 5.74) is 0.0525. The van der Waals surface area contributed by atoms with E-state index in [9.17, 15) is 4.79 Å². The summed E-state index contributed by atoms with van der Waals surface area (Å²) in [6.45, 7) is 6.84. The van der Waals surface area contributed by atoms with Gasteiger partial charge >= 0.3 is 5.97 Å². The molecule has 0 radical (unpaired) electrons. The molecule has 4 heteroatoms. The first-order valence-electron chi connectivity index (χ1n) is 12.8. The van der Waals surface area contributed by atoms with Crippen LogP contribution in [0.1, 0.15) is 143 Å². The Bertz CT molecular complexity index is 340. The summed E-state index contributed by atoms with van der Waals surface area (Å²) in [4.78, 5) is 12.2. The summed E-state index contributed by atoms with van der Waals surface area (Å²) in [5.74, 6) is -0.138. The average molecular weight is 430 g/mol. The van der Waals surface area contributed by atoms with E-state index >= 15 is 0 Å². The Labute approximate surface area is 188 Å². The smallest absolute Gasteiger partial charge is 0.306 e. The lowest BCUT2D eigenvalue weighted by atomic mass is 9.77. The molecule has 0 fully saturated rings. The molecule has 0 amide bonds. The molecule has 0 heterocycles. The molecule has 0 spiro atoms. The Morgan fingerprint density at radius 3 is 1.43 bits per heavy atom. The minimum Gasteiger partial charge on any atom is -0.463 e. The minimum absolute atomic E-state index is 0. The fraction of sp³-hybridized carbons (Fsp3) is 0.962. The van der Waals surface area contributed by atoms with Crippen LogP contribution in [0.2, 0.25) is 0 Å². The zero-order valence-electron chi connectivity index (χ0n) is 20.8. The third-order valence-electron chi connectivity index (χ3n) is 6.19. The molecule has 0 aromatic carbocycles. The molecule has 4 N–H and O–H groups in total. The molecule has 0 aliphatic heterocycles. The van der Waals surface area contributed by atoms with Crippen molar-refractivity contribution in [2.45, 2.75) is 143 Å². The third-order valence-corrected chi connectivity index (χ3v) is 6.19. The second-order valence-corrected chi connectivity index (χ2v) is 9.38. The fourth-order valence-electron chi connectivity index (χ4n) is 4.23. The third kappa shape index (κ3) is 20.7. The average Bonchev–Trinajstić information content (AvgIpc) is 2.70. The van der Waals surface area contributed by atoms with Crippen molar-refractivity contribution >= 4 is 5.97 Å². The van der Waals surface area contributed by atoms with E-state index < -0.39 is 0 Å². The van der Waals surface area contributed by atoms with Crippen molar-refractivity contribution in [2.75, 3.05) is 13.2 Å². The Morgan fingerprint density at radius 1 is 0.700 bits per heavy atom. The van der Waals surface area contributed by atoms with E-state index in [-0.39, 0.29) is 30.7 Å². The quantitative estimate of drug-likeness (QED) is 0.134. The fourth-order valence-corrected chi connectivity index (χ4v) is 4.23. The van der Waals surface area contributed by atoms with Gasteiger partial charge in [-0.05, 0) is 18.3 Å². The van der Waals surface area contributed by atoms with Gasteiger partial charge in [0, 0.05) is 0 Å². The number of aliphatic hydroxyl groups is 1. The van der Waals surface area contributed by atoms with Gasteiger partial charge in [0.15, 0.2) is 0 Å². The molecule has 0 aliphatic rings. The highest BCUT2D eigenvalue weighted by Crippen LogP contribution is 2.35. The number of hydrogen-bond acceptors (Lipinski definition) is 4. The number of rotatable bonds is 22. The van der Waals surface area contributed by atoms with Crippen molar-refractivity contribution < 1.29 is 14.6 Å². The van der Waals surface area contributed by atoms with Crippen LogP contribution in [-0.4, -0.2) is 24.3 Å². The number of hydrogen-bond donors (Lipinski definition) is 2. The predicted molar refractivity (Wildman–Crippen MR) is 130 cm³/mol. The molecule has 4 nitrogen and oxygen atoms in total. The first-order chi connectivity index (χ1) is 14.1. The van der Waals surface area contributed by atoms with Gasteiger partial charge in [0.2, 0.25) is 0 Å². The van der Waals surface area contributed by atoms with Crippen LogP contribution in [0.5, 0.6) is 0 Å². The van der Waals surface area contributed by atoms with Gasteiger partial charge in [-0.1, -0.05) is 124 Å². The van der Waals surface area contributed by atoms with E-state index in [0.29, 0.717) is 6.42 Å². The molecule has 30 heavy (non-hydrogen) atoms. The van der Waals surface area contributed by atoms with Gasteiger partial charge in [-0.2, -0.15) is 0 Å². The summed E-state index contributed by atoms with van der Waals surface area (Å²) < 4.78 is 5.16. The molecule has 0 aromatic heterocycles. The largest absolute Gasteiger partial charge is 0.463 e. The van der Waals surface area contributed by atoms with Gasteiger partial charge in [-0.25, -0.2) is 0 Å². The first-order valence-corrected chi connectivity index (χ1v) is 12.8. The summed E-state index contributed by atoms with van der Waals surface area (Å²) >= 11 is 0. The number of ether oxygens (including phenoxy) is 1. The Morgan fingerprint density at radius 2 is 1.07 bits per heavy atom. The van der Waals surface area contributed by atoms with Crippen LogP contribution in [0.3, 0.4) is 0 Å². The molecule has 0 aromatic rings. The van der Waals surface area contributed by atoms with Gasteiger partial charge in [0.25, 0.3) is 0 Å². The topological polar surface area (TPSA) is 81.5 Å². The van der Waals surface area contributed by atoms with E-state index in [1.807, 2.05) is 0 Å². The number of carbonyl (C=O) groups excluding carboxylic acids is 1. The van der Waals surface area contributed by atoms with Gasteiger partial charge < -0.3 is 16.0 Å². The second kappa shape index (κ2) is 23.1. The maximum atomic E-state index is 12.2. The van der Waals surface area contributed by atoms with Crippen molar-refractivity contribution in [2.24, 2.45) is 5.41 Å². The molecule has 0 bridgehead atoms. The number of esters is 1. The zero-order chi connectivity index (χ0) is 21.6. The Kier molecular flexibility index (Phi) is 24.3. The van der Waals surface area contributed by atoms with Gasteiger partial charge in [-0.15, -0.1) is 0 Å². The van der Waals surface area contributed by atoms with Crippen molar-refractivity contribution in [3.05, 3.63) is 0 Å². The van der Waals surface area contributed by atoms with E-state index in [2.05, 4.69) is 20.8 Å². The van der Waals surface area contributed by atoms with Gasteiger partial charge in [0.1, 0.15) is 6.61 Å². The SMILES string of the molecule is CCCCCCCCCCC(C)(CCCCCCCCCC)CC(=O)OCCO.N. The van der Waals surface area contributed by atoms with Crippen molar-refractivity contribution in [3.8, 4) is 0 Å². The molecule has 182 valence electrons. The van der Waals surface area contributed by atoms with E-state index in [0.717, 1.165) is 12.8 Å². The van der Waals surface area contributed by atoms with Crippen LogP contribution >= 0.6 is 0 Å². The lowest BCUT2D eigenvalue weighted by Crippen LogP contribution is -2.23. The van der Waals surface area contributed by atoms with Gasteiger partial charge in [-0.3, -0.25) is 4.79 Å². The monoisotopic (exact) mass is 429 g/mol. The normalized spacial score (nSPS) is 11.3. The van der Waals surface area contributed by atoms with Crippen molar-refractivity contribution in [1.82, 2.24) is 6.15 Å². The molecule has 0 unspecified atom stereocenters. The van der Waals surface area contributed by atoms with Crippen LogP contribution in [-0.2, 0) is 9.53 Å². The molecule has 0 aliphatic carbocycles. The molecular formula is C26H55NO3. The predicted octanol–water partition coefficient (Wildman–Crippen LogP) is 8.14. The maximum absolute atomic E-state index is 12.2. The van der Waals surface area contributed by atoms with Crippen molar-refractivity contribution in [3.63, 3.8) is 0 Å². The molecule has 0 saturated carbocycles. The maximum Gasteiger partial charge on any atom is 0.306 e. The van der Waals surface area contributed by atoms with E-state index in [4.69, 9.17) is 9.84 Å². The number of aliphatic hydroxyl groups excluding tert-OH is 1. The lowest BCUT2D eigenvalue weighted by molar-refractivity contribution is -0.147. The summed E-state index contributed by atoms with van der Waals surface area (Å²) in [5, 5.41) is 8.89. The first kappa shape index (κ1) is 31.6. The standard InChI is InChI=1S/C26H52O3.H3N/c1-4-6-8-10-12-14-16-18-20-26(3,24-25(28)29-23-22-27)21-19-17-15-13-11-9-7-5-2;/h27H,4-24H2,1-3H3;1H3. The summed E-state index contributed by atoms with van der Waals surface area (Å²) in [7, 11) is 0. The zero-order valence-corrected chi connectivity index (χ0v) is 20.8. The number of carbonyl (C=O) groups is 1. The highest BCUT2D eigenvalue weighted by atomic mass is 16.5. The Hall–Kier alpha value is -0.610. The summed E-state index contributed by atoms with van der Waals surface area (Å²) in [6, 6.07) is 0. The van der Waals surface area contributed by atoms with E-state index in [1.54, 1.807) is 0 Å². The molecule has 0 rings (SSSR count). The lowest BCUT2D eigenvalue weighted by Gasteiger charge is -2.29.